The van der Waals surface area contributed by atoms with Crippen molar-refractivity contribution in [1.82, 2.24) is 14.5 Å². The molecule has 1 aliphatic heterocycles. The molecule has 27 heavy (non-hydrogen) atoms. The molecule has 0 aromatic carbocycles. The molecule has 0 bridgehead atoms. The Morgan fingerprint density at radius 2 is 1.96 bits per heavy atom. The number of nitrogens with zero attached hydrogens (tertiary/aromatic N) is 3. The molecule has 1 N–H and O–H groups in total. The summed E-state index contributed by atoms with van der Waals surface area (Å²) in [7, 11) is -3.11. The van der Waals surface area contributed by atoms with Crippen LogP contribution in [0.1, 0.15) is 52.4 Å². The zero-order valence-electron chi connectivity index (χ0n) is 17.1. The van der Waals surface area contributed by atoms with Crippen LogP contribution in [0.4, 0.5) is 0 Å². The summed E-state index contributed by atoms with van der Waals surface area (Å²) in [6.07, 6.45) is 8.77. The maximum Gasteiger partial charge on any atom is 0.211 e. The SMILES string of the molecule is CCNC(=NCCCN(CC)S(C)(=O)=O)N1CCSC2(CCCCC2)C1.I. The molecular formula is C18H37IN4O2S2. The molecule has 1 saturated heterocycles. The van der Waals surface area contributed by atoms with Gasteiger partial charge in [-0.2, -0.15) is 11.8 Å². The fourth-order valence-electron chi connectivity index (χ4n) is 3.94. The van der Waals surface area contributed by atoms with Crippen LogP contribution in [0, 0.1) is 0 Å². The lowest BCUT2D eigenvalue weighted by molar-refractivity contribution is 0.293. The first-order chi connectivity index (χ1) is 12.4. The Labute approximate surface area is 187 Å². The Kier molecular flexibility index (Phi) is 11.3. The highest BCUT2D eigenvalue weighted by Crippen LogP contribution is 2.42. The number of nitrogens with one attached hydrogen (secondary N) is 1. The van der Waals surface area contributed by atoms with Crippen LogP contribution in [0.3, 0.4) is 0 Å². The van der Waals surface area contributed by atoms with E-state index < -0.39 is 10.0 Å². The zero-order valence-corrected chi connectivity index (χ0v) is 21.0. The van der Waals surface area contributed by atoms with Crippen molar-refractivity contribution in [2.45, 2.75) is 57.1 Å². The number of sulfonamides is 1. The molecule has 0 aromatic heterocycles. The Morgan fingerprint density at radius 3 is 2.56 bits per heavy atom. The molecule has 0 unspecified atom stereocenters. The van der Waals surface area contributed by atoms with E-state index in [-0.39, 0.29) is 24.0 Å². The van der Waals surface area contributed by atoms with Crippen LogP contribution in [-0.2, 0) is 10.0 Å². The van der Waals surface area contributed by atoms with Gasteiger partial charge in [0.25, 0.3) is 0 Å². The van der Waals surface area contributed by atoms with Crippen molar-refractivity contribution in [2.75, 3.05) is 51.3 Å². The summed E-state index contributed by atoms with van der Waals surface area (Å²) in [6.45, 7) is 8.70. The first kappa shape index (κ1) is 25.3. The van der Waals surface area contributed by atoms with Crippen molar-refractivity contribution in [1.29, 1.82) is 0 Å². The van der Waals surface area contributed by atoms with Gasteiger partial charge in [-0.1, -0.05) is 26.2 Å². The van der Waals surface area contributed by atoms with Crippen molar-refractivity contribution < 1.29 is 8.42 Å². The van der Waals surface area contributed by atoms with Gasteiger partial charge in [-0.25, -0.2) is 12.7 Å². The minimum absolute atomic E-state index is 0. The first-order valence-corrected chi connectivity index (χ1v) is 12.9. The first-order valence-electron chi connectivity index (χ1n) is 10.0. The Bertz CT molecular complexity index is 560. The highest BCUT2D eigenvalue weighted by molar-refractivity contribution is 14.0. The number of rotatable bonds is 7. The molecule has 0 amide bonds. The van der Waals surface area contributed by atoms with Crippen LogP contribution >= 0.6 is 35.7 Å². The molecule has 160 valence electrons. The zero-order chi connectivity index (χ0) is 19.0. The van der Waals surface area contributed by atoms with E-state index in [0.717, 1.165) is 32.0 Å². The molecule has 9 heteroatoms. The smallest absolute Gasteiger partial charge is 0.211 e. The largest absolute Gasteiger partial charge is 0.357 e. The monoisotopic (exact) mass is 532 g/mol. The average molecular weight is 533 g/mol. The number of thioether (sulfide) groups is 1. The highest BCUT2D eigenvalue weighted by Gasteiger charge is 2.38. The molecule has 0 atom stereocenters. The van der Waals surface area contributed by atoms with Crippen LogP contribution in [0.25, 0.3) is 0 Å². The number of aliphatic imine (C=N–C) groups is 1. The molecular weight excluding hydrogens is 495 g/mol. The topological polar surface area (TPSA) is 65.0 Å². The fraction of sp³-hybridized carbons (Fsp3) is 0.944. The van der Waals surface area contributed by atoms with Gasteiger partial charge in [0.15, 0.2) is 5.96 Å². The van der Waals surface area contributed by atoms with Crippen LogP contribution in [0.5, 0.6) is 0 Å². The van der Waals surface area contributed by atoms with E-state index in [1.807, 2.05) is 6.92 Å². The number of hydrogen-bond donors (Lipinski definition) is 1. The second-order valence-electron chi connectivity index (χ2n) is 7.36. The lowest BCUT2D eigenvalue weighted by atomic mass is 9.87. The lowest BCUT2D eigenvalue weighted by Crippen LogP contribution is -2.53. The van der Waals surface area contributed by atoms with Gasteiger partial charge in [-0.3, -0.25) is 4.99 Å². The molecule has 2 fully saturated rings. The average Bonchev–Trinajstić information content (AvgIpc) is 2.60. The molecule has 1 aliphatic carbocycles. The molecule has 0 aromatic rings. The predicted molar refractivity (Wildman–Crippen MR) is 128 cm³/mol. The number of guanidine groups is 1. The van der Waals surface area contributed by atoms with Gasteiger partial charge in [0, 0.05) is 49.8 Å². The lowest BCUT2D eigenvalue weighted by Gasteiger charge is -2.45. The van der Waals surface area contributed by atoms with Crippen LogP contribution < -0.4 is 5.32 Å². The van der Waals surface area contributed by atoms with E-state index in [1.165, 1.54) is 48.4 Å². The second-order valence-corrected chi connectivity index (χ2v) is 10.9. The standard InChI is InChI=1S/C18H36N4O2S2.HI/c1-4-19-17(20-12-9-13-22(5-2)26(3,23)24)21-14-15-25-18(16-21)10-7-6-8-11-18;/h4-16H2,1-3H3,(H,19,20);1H. The van der Waals surface area contributed by atoms with Gasteiger partial charge in [0.05, 0.1) is 6.26 Å². The second kappa shape index (κ2) is 12.1. The Balaban J connectivity index is 0.00000364. The minimum atomic E-state index is -3.11. The van der Waals surface area contributed by atoms with E-state index in [0.29, 0.717) is 24.4 Å². The van der Waals surface area contributed by atoms with E-state index in [4.69, 9.17) is 4.99 Å². The molecule has 0 radical (unpaired) electrons. The maximum atomic E-state index is 11.7. The molecule has 2 rings (SSSR count). The van der Waals surface area contributed by atoms with Crippen molar-refractivity contribution in [3.8, 4) is 0 Å². The molecule has 1 saturated carbocycles. The summed E-state index contributed by atoms with van der Waals surface area (Å²) in [5, 5.41) is 3.44. The predicted octanol–water partition coefficient (Wildman–Crippen LogP) is 2.99. The van der Waals surface area contributed by atoms with Crippen molar-refractivity contribution in [3.05, 3.63) is 0 Å². The Morgan fingerprint density at radius 1 is 1.26 bits per heavy atom. The highest BCUT2D eigenvalue weighted by atomic mass is 127. The maximum absolute atomic E-state index is 11.7. The third-order valence-electron chi connectivity index (χ3n) is 5.30. The summed E-state index contributed by atoms with van der Waals surface area (Å²) in [5.74, 6) is 2.17. The van der Waals surface area contributed by atoms with E-state index in [9.17, 15) is 8.42 Å². The summed E-state index contributed by atoms with van der Waals surface area (Å²) < 4.78 is 25.3. The van der Waals surface area contributed by atoms with Gasteiger partial charge in [-0.05, 0) is 26.2 Å². The summed E-state index contributed by atoms with van der Waals surface area (Å²) in [4.78, 5) is 7.23. The van der Waals surface area contributed by atoms with Crippen LogP contribution in [-0.4, -0.2) is 79.6 Å². The number of hydrogen-bond acceptors (Lipinski definition) is 4. The van der Waals surface area contributed by atoms with Crippen LogP contribution in [0.15, 0.2) is 4.99 Å². The quantitative estimate of drug-likeness (QED) is 0.237. The molecule has 2 aliphatic rings. The van der Waals surface area contributed by atoms with E-state index >= 15 is 0 Å². The molecule has 6 nitrogen and oxygen atoms in total. The van der Waals surface area contributed by atoms with Crippen molar-refractivity contribution in [3.63, 3.8) is 0 Å². The Hall–Kier alpha value is 0.260. The third kappa shape index (κ3) is 7.89. The van der Waals surface area contributed by atoms with Gasteiger partial charge >= 0.3 is 0 Å². The van der Waals surface area contributed by atoms with Crippen molar-refractivity contribution in [2.24, 2.45) is 4.99 Å². The van der Waals surface area contributed by atoms with Crippen LogP contribution in [0.2, 0.25) is 0 Å². The van der Waals surface area contributed by atoms with Crippen molar-refractivity contribution >= 4 is 51.7 Å². The summed E-state index contributed by atoms with van der Waals surface area (Å²) >= 11 is 2.17. The van der Waals surface area contributed by atoms with Gasteiger partial charge < -0.3 is 10.2 Å². The summed E-state index contributed by atoms with van der Waals surface area (Å²) in [6, 6.07) is 0. The molecule has 1 heterocycles. The summed E-state index contributed by atoms with van der Waals surface area (Å²) in [5.41, 5.74) is 0. The van der Waals surface area contributed by atoms with Gasteiger partial charge in [0.1, 0.15) is 0 Å². The minimum Gasteiger partial charge on any atom is -0.357 e. The van der Waals surface area contributed by atoms with E-state index in [2.05, 4.69) is 28.9 Å². The number of halogens is 1. The van der Waals surface area contributed by atoms with E-state index in [1.54, 1.807) is 0 Å². The fourth-order valence-corrected chi connectivity index (χ4v) is 6.44. The molecule has 1 spiro atoms. The van der Waals surface area contributed by atoms with Gasteiger partial charge in [-0.15, -0.1) is 24.0 Å². The normalized spacial score (nSPS) is 20.6. The van der Waals surface area contributed by atoms with Gasteiger partial charge in [0.2, 0.25) is 10.0 Å². The third-order valence-corrected chi connectivity index (χ3v) is 8.21.